The highest BCUT2D eigenvalue weighted by Crippen LogP contribution is 2.82. The molecule has 0 aromatic carbocycles. The second-order valence-corrected chi connectivity index (χ2v) is 11.7. The number of allylic oxidation sites excluding steroid dienone is 1. The van der Waals surface area contributed by atoms with Gasteiger partial charge in [0.1, 0.15) is 5.60 Å². The molecule has 6 aliphatic carbocycles. The average Bonchev–Trinajstić information content (AvgIpc) is 3.53. The lowest BCUT2D eigenvalue weighted by Gasteiger charge is -2.60. The summed E-state index contributed by atoms with van der Waals surface area (Å²) in [6.07, 6.45) is 11.0. The Bertz CT molecular complexity index is 786. The summed E-state index contributed by atoms with van der Waals surface area (Å²) in [5.74, 6) is 5.52. The zero-order valence-corrected chi connectivity index (χ0v) is 16.6. The second kappa shape index (κ2) is 4.50. The lowest BCUT2D eigenvalue weighted by Crippen LogP contribution is -2.57. The molecule has 7 aliphatic rings. The van der Waals surface area contributed by atoms with E-state index in [1.165, 1.54) is 32.1 Å². The van der Waals surface area contributed by atoms with E-state index < -0.39 is 0 Å². The first-order chi connectivity index (χ1) is 12.9. The van der Waals surface area contributed by atoms with Gasteiger partial charge >= 0.3 is 5.97 Å². The molecule has 146 valence electrons. The van der Waals surface area contributed by atoms with Crippen molar-refractivity contribution in [2.75, 3.05) is 0 Å². The van der Waals surface area contributed by atoms with Gasteiger partial charge in [0, 0.05) is 17.8 Å². The number of esters is 1. The SMILES string of the molecule is C[C@]12CC[C@H](O)C=C1[C@@H]1C[C@@H]1C1C2CC[C@@]2(C)C1C1C[C@@H]1[C@@]21CCC(=O)O1. The van der Waals surface area contributed by atoms with E-state index in [9.17, 15) is 9.90 Å². The Morgan fingerprint density at radius 2 is 1.93 bits per heavy atom. The van der Waals surface area contributed by atoms with Crippen LogP contribution in [0.5, 0.6) is 0 Å². The number of carbonyl (C=O) groups excluding carboxylic acids is 1. The molecule has 3 heteroatoms. The Morgan fingerprint density at radius 3 is 2.70 bits per heavy atom. The van der Waals surface area contributed by atoms with Gasteiger partial charge in [0.15, 0.2) is 0 Å². The van der Waals surface area contributed by atoms with Crippen LogP contribution in [0.15, 0.2) is 11.6 Å². The molecule has 3 nitrogen and oxygen atoms in total. The van der Waals surface area contributed by atoms with E-state index >= 15 is 0 Å². The fourth-order valence-electron chi connectivity index (χ4n) is 9.89. The van der Waals surface area contributed by atoms with Crippen LogP contribution >= 0.6 is 0 Å². The van der Waals surface area contributed by atoms with Crippen LogP contribution in [0.1, 0.15) is 65.2 Å². The van der Waals surface area contributed by atoms with Crippen LogP contribution in [0.3, 0.4) is 0 Å². The van der Waals surface area contributed by atoms with Gasteiger partial charge in [-0.05, 0) is 85.9 Å². The van der Waals surface area contributed by atoms with Crippen LogP contribution in [0.4, 0.5) is 0 Å². The molecule has 1 heterocycles. The smallest absolute Gasteiger partial charge is 0.306 e. The summed E-state index contributed by atoms with van der Waals surface area (Å²) in [7, 11) is 0. The molecule has 4 unspecified atom stereocenters. The maximum Gasteiger partial charge on any atom is 0.306 e. The van der Waals surface area contributed by atoms with E-state index in [2.05, 4.69) is 19.9 Å². The molecule has 6 fully saturated rings. The van der Waals surface area contributed by atoms with Crippen LogP contribution in [0.25, 0.3) is 0 Å². The third kappa shape index (κ3) is 1.63. The van der Waals surface area contributed by atoms with E-state index in [1.807, 2.05) is 0 Å². The summed E-state index contributed by atoms with van der Waals surface area (Å²) in [6.45, 7) is 5.04. The van der Waals surface area contributed by atoms with Crippen molar-refractivity contribution < 1.29 is 14.6 Å². The third-order valence-electron chi connectivity index (χ3n) is 11.0. The van der Waals surface area contributed by atoms with E-state index in [4.69, 9.17) is 4.74 Å². The molecule has 7 rings (SSSR count). The van der Waals surface area contributed by atoms with E-state index in [0.717, 1.165) is 48.3 Å². The first kappa shape index (κ1) is 16.0. The first-order valence-corrected chi connectivity index (χ1v) is 11.5. The molecule has 0 bridgehead atoms. The number of ether oxygens (including phenoxy) is 1. The lowest BCUT2D eigenvalue weighted by molar-refractivity contribution is -0.177. The highest BCUT2D eigenvalue weighted by atomic mass is 16.6. The Balaban J connectivity index is 1.33. The summed E-state index contributed by atoms with van der Waals surface area (Å²) < 4.78 is 6.23. The van der Waals surface area contributed by atoms with Crippen molar-refractivity contribution >= 4 is 5.97 Å². The molecule has 0 aromatic heterocycles. The predicted octanol–water partition coefficient (Wildman–Crippen LogP) is 4.10. The summed E-state index contributed by atoms with van der Waals surface area (Å²) in [4.78, 5) is 12.2. The monoisotopic (exact) mass is 368 g/mol. The van der Waals surface area contributed by atoms with Crippen molar-refractivity contribution in [3.8, 4) is 0 Å². The highest BCUT2D eigenvalue weighted by molar-refractivity contribution is 5.73. The summed E-state index contributed by atoms with van der Waals surface area (Å²) >= 11 is 0. The highest BCUT2D eigenvalue weighted by Gasteiger charge is 2.81. The largest absolute Gasteiger partial charge is 0.458 e. The predicted molar refractivity (Wildman–Crippen MR) is 100 cm³/mol. The van der Waals surface area contributed by atoms with Crippen molar-refractivity contribution in [3.05, 3.63) is 11.6 Å². The van der Waals surface area contributed by atoms with Crippen molar-refractivity contribution in [2.45, 2.75) is 76.9 Å². The fourth-order valence-corrected chi connectivity index (χ4v) is 9.89. The standard InChI is InChI=1S/C24H32O3/c1-22-6-3-12(25)9-17(22)13-10-14(13)20-16(22)4-7-23(2)21(20)15-11-18(15)24(23)8-5-19(26)27-24/h9,12-16,18,20-21,25H,3-8,10-11H2,1-2H3/t12-,13+,14-,15?,16?,18-,20?,21?,22+,23-,24-/m0/s1. The van der Waals surface area contributed by atoms with Gasteiger partial charge in [-0.3, -0.25) is 4.79 Å². The molecule has 1 spiro atoms. The van der Waals surface area contributed by atoms with Gasteiger partial charge in [-0.15, -0.1) is 0 Å². The summed E-state index contributed by atoms with van der Waals surface area (Å²) in [5, 5.41) is 10.3. The van der Waals surface area contributed by atoms with Crippen molar-refractivity contribution in [1.29, 1.82) is 0 Å². The number of rotatable bonds is 0. The molecule has 11 atom stereocenters. The minimum atomic E-state index is -0.208. The zero-order chi connectivity index (χ0) is 18.3. The molecule has 1 aliphatic heterocycles. The molecule has 1 saturated heterocycles. The number of aliphatic hydroxyl groups excluding tert-OH is 1. The number of aliphatic hydroxyl groups is 1. The molecule has 1 N–H and O–H groups in total. The molecular formula is C24H32O3. The fraction of sp³-hybridized carbons (Fsp3) is 0.875. The average molecular weight is 369 g/mol. The number of fused-ring (bicyclic) bond motifs is 12. The van der Waals surface area contributed by atoms with Crippen LogP contribution in [-0.2, 0) is 9.53 Å². The van der Waals surface area contributed by atoms with Gasteiger partial charge in [0.2, 0.25) is 0 Å². The zero-order valence-electron chi connectivity index (χ0n) is 16.6. The number of hydrogen-bond donors (Lipinski definition) is 1. The Kier molecular flexibility index (Phi) is 2.67. The van der Waals surface area contributed by atoms with Crippen LogP contribution in [0, 0.1) is 52.3 Å². The number of hydrogen-bond acceptors (Lipinski definition) is 3. The normalized spacial score (nSPS) is 64.7. The maximum atomic E-state index is 12.2. The quantitative estimate of drug-likeness (QED) is 0.517. The van der Waals surface area contributed by atoms with Gasteiger partial charge in [-0.1, -0.05) is 25.5 Å². The van der Waals surface area contributed by atoms with Crippen molar-refractivity contribution in [1.82, 2.24) is 0 Å². The van der Waals surface area contributed by atoms with Gasteiger partial charge in [-0.25, -0.2) is 0 Å². The van der Waals surface area contributed by atoms with E-state index in [-0.39, 0.29) is 23.1 Å². The van der Waals surface area contributed by atoms with Gasteiger partial charge in [-0.2, -0.15) is 0 Å². The number of carbonyl (C=O) groups is 1. The van der Waals surface area contributed by atoms with Gasteiger partial charge < -0.3 is 9.84 Å². The molecule has 0 aromatic rings. The lowest BCUT2D eigenvalue weighted by atomic mass is 9.45. The van der Waals surface area contributed by atoms with E-state index in [0.29, 0.717) is 17.8 Å². The van der Waals surface area contributed by atoms with Crippen LogP contribution < -0.4 is 0 Å². The third-order valence-corrected chi connectivity index (χ3v) is 11.0. The molecule has 27 heavy (non-hydrogen) atoms. The molecule has 5 saturated carbocycles. The minimum absolute atomic E-state index is 0.0658. The summed E-state index contributed by atoms with van der Waals surface area (Å²) in [6, 6.07) is 0. The Morgan fingerprint density at radius 1 is 1.07 bits per heavy atom. The minimum Gasteiger partial charge on any atom is -0.458 e. The summed E-state index contributed by atoms with van der Waals surface area (Å²) in [5.41, 5.74) is 2.04. The maximum absolute atomic E-state index is 12.2. The van der Waals surface area contributed by atoms with E-state index in [1.54, 1.807) is 5.57 Å². The van der Waals surface area contributed by atoms with Crippen molar-refractivity contribution in [2.24, 2.45) is 52.3 Å². The first-order valence-electron chi connectivity index (χ1n) is 11.5. The van der Waals surface area contributed by atoms with Gasteiger partial charge in [0.25, 0.3) is 0 Å². The van der Waals surface area contributed by atoms with Crippen LogP contribution in [0.2, 0.25) is 0 Å². The van der Waals surface area contributed by atoms with Crippen LogP contribution in [-0.4, -0.2) is 22.8 Å². The second-order valence-electron chi connectivity index (χ2n) is 11.7. The molecular weight excluding hydrogens is 336 g/mol. The molecule has 0 amide bonds. The van der Waals surface area contributed by atoms with Crippen molar-refractivity contribution in [3.63, 3.8) is 0 Å². The Labute approximate surface area is 161 Å². The molecule has 0 radical (unpaired) electrons. The Hall–Kier alpha value is -0.830. The topological polar surface area (TPSA) is 46.5 Å². The van der Waals surface area contributed by atoms with Gasteiger partial charge in [0.05, 0.1) is 6.10 Å².